The zero-order valence-corrected chi connectivity index (χ0v) is 9.96. The lowest BCUT2D eigenvalue weighted by molar-refractivity contribution is 1.00. The molecule has 1 N–H and O–H groups in total. The molecule has 0 atom stereocenters. The number of allylic oxidation sites excluding steroid dienone is 2. The molecule has 0 bridgehead atoms. The van der Waals surface area contributed by atoms with Gasteiger partial charge < -0.3 is 5.32 Å². The molecule has 1 saturated carbocycles. The molecule has 0 aromatic carbocycles. The van der Waals surface area contributed by atoms with Gasteiger partial charge in [0.2, 0.25) is 5.28 Å². The smallest absolute Gasteiger partial charge is 0.224 e. The van der Waals surface area contributed by atoms with Crippen LogP contribution in [0.15, 0.2) is 36.2 Å². The molecule has 0 amide bonds. The molecular weight excluding hydrogens is 222 g/mol. The molecule has 1 aromatic heterocycles. The third-order valence-corrected chi connectivity index (χ3v) is 2.72. The Labute approximate surface area is 100 Å². The van der Waals surface area contributed by atoms with Crippen LogP contribution in [0.2, 0.25) is 5.28 Å². The van der Waals surface area contributed by atoms with Crippen molar-refractivity contribution in [2.75, 3.05) is 5.32 Å². The van der Waals surface area contributed by atoms with Crippen molar-refractivity contribution in [2.45, 2.75) is 19.8 Å². The minimum Gasteiger partial charge on any atom is -0.341 e. The predicted molar refractivity (Wildman–Crippen MR) is 66.3 cm³/mol. The Kier molecular flexibility index (Phi) is 3.25. The van der Waals surface area contributed by atoms with Gasteiger partial charge in [-0.3, -0.25) is 0 Å². The van der Waals surface area contributed by atoms with Gasteiger partial charge in [0, 0.05) is 11.9 Å². The maximum atomic E-state index is 5.69. The second-order valence-electron chi connectivity index (χ2n) is 4.02. The van der Waals surface area contributed by atoms with E-state index in [-0.39, 0.29) is 5.28 Å². The second kappa shape index (κ2) is 4.66. The van der Waals surface area contributed by atoms with Gasteiger partial charge in [-0.15, -0.1) is 0 Å². The zero-order chi connectivity index (χ0) is 11.5. The van der Waals surface area contributed by atoms with E-state index in [4.69, 9.17) is 11.6 Å². The fourth-order valence-electron chi connectivity index (χ4n) is 1.54. The average Bonchev–Trinajstić information content (AvgIpc) is 2.99. The fourth-order valence-corrected chi connectivity index (χ4v) is 1.68. The Morgan fingerprint density at radius 1 is 1.62 bits per heavy atom. The SMILES string of the molecule is C=C(/C=C(\C)C1CC1)Nc1ccnc(Cl)n1. The van der Waals surface area contributed by atoms with Crippen molar-refractivity contribution in [3.8, 4) is 0 Å². The Balaban J connectivity index is 1.99. The maximum absolute atomic E-state index is 5.69. The van der Waals surface area contributed by atoms with Crippen LogP contribution in [-0.2, 0) is 0 Å². The summed E-state index contributed by atoms with van der Waals surface area (Å²) in [7, 11) is 0. The summed E-state index contributed by atoms with van der Waals surface area (Å²) in [6.07, 6.45) is 6.28. The van der Waals surface area contributed by atoms with Crippen LogP contribution in [0, 0.1) is 5.92 Å². The molecule has 0 saturated heterocycles. The third kappa shape index (κ3) is 3.07. The molecule has 1 fully saturated rings. The van der Waals surface area contributed by atoms with Crippen LogP contribution < -0.4 is 5.32 Å². The van der Waals surface area contributed by atoms with Crippen molar-refractivity contribution in [3.63, 3.8) is 0 Å². The van der Waals surface area contributed by atoms with Gasteiger partial charge in [-0.05, 0) is 49.4 Å². The van der Waals surface area contributed by atoms with Crippen LogP contribution in [0.3, 0.4) is 0 Å². The van der Waals surface area contributed by atoms with Crippen LogP contribution in [0.5, 0.6) is 0 Å². The third-order valence-electron chi connectivity index (χ3n) is 2.54. The Morgan fingerprint density at radius 2 is 2.38 bits per heavy atom. The van der Waals surface area contributed by atoms with E-state index in [2.05, 4.69) is 34.9 Å². The summed E-state index contributed by atoms with van der Waals surface area (Å²) in [5.41, 5.74) is 2.21. The Bertz CT molecular complexity index is 436. The van der Waals surface area contributed by atoms with Crippen molar-refractivity contribution in [1.29, 1.82) is 0 Å². The molecule has 16 heavy (non-hydrogen) atoms. The van der Waals surface area contributed by atoms with Crippen LogP contribution in [0.1, 0.15) is 19.8 Å². The van der Waals surface area contributed by atoms with Crippen LogP contribution in [0.4, 0.5) is 5.82 Å². The zero-order valence-electron chi connectivity index (χ0n) is 9.20. The van der Waals surface area contributed by atoms with Gasteiger partial charge in [0.05, 0.1) is 0 Å². The first-order chi connectivity index (χ1) is 7.65. The number of hydrogen-bond acceptors (Lipinski definition) is 3. The molecular formula is C12H14ClN3. The van der Waals surface area contributed by atoms with Gasteiger partial charge in [0.1, 0.15) is 5.82 Å². The maximum Gasteiger partial charge on any atom is 0.224 e. The van der Waals surface area contributed by atoms with Crippen molar-refractivity contribution >= 4 is 17.4 Å². The highest BCUT2D eigenvalue weighted by molar-refractivity contribution is 6.28. The molecule has 3 nitrogen and oxygen atoms in total. The molecule has 1 aromatic rings. The highest BCUT2D eigenvalue weighted by Gasteiger charge is 2.22. The number of aromatic nitrogens is 2. The lowest BCUT2D eigenvalue weighted by atomic mass is 10.1. The lowest BCUT2D eigenvalue weighted by Crippen LogP contribution is -1.99. The average molecular weight is 236 g/mol. The largest absolute Gasteiger partial charge is 0.341 e. The molecule has 84 valence electrons. The van der Waals surface area contributed by atoms with Gasteiger partial charge in [0.15, 0.2) is 0 Å². The summed E-state index contributed by atoms with van der Waals surface area (Å²) in [6.45, 7) is 6.08. The number of nitrogens with zero attached hydrogens (tertiary/aromatic N) is 2. The minimum atomic E-state index is 0.237. The quantitative estimate of drug-likeness (QED) is 0.642. The number of anilines is 1. The highest BCUT2D eigenvalue weighted by atomic mass is 35.5. The number of hydrogen-bond donors (Lipinski definition) is 1. The normalized spacial score (nSPS) is 16.0. The van der Waals surface area contributed by atoms with E-state index < -0.39 is 0 Å². The van der Waals surface area contributed by atoms with E-state index in [1.807, 2.05) is 0 Å². The van der Waals surface area contributed by atoms with Crippen LogP contribution >= 0.6 is 11.6 Å². The van der Waals surface area contributed by atoms with E-state index in [9.17, 15) is 0 Å². The molecule has 1 heterocycles. The van der Waals surface area contributed by atoms with Crippen molar-refractivity contribution in [3.05, 3.63) is 41.5 Å². The molecule has 4 heteroatoms. The van der Waals surface area contributed by atoms with Gasteiger partial charge in [0.25, 0.3) is 0 Å². The van der Waals surface area contributed by atoms with Crippen LogP contribution in [-0.4, -0.2) is 9.97 Å². The molecule has 1 aliphatic rings. The monoisotopic (exact) mass is 235 g/mol. The van der Waals surface area contributed by atoms with Crippen LogP contribution in [0.25, 0.3) is 0 Å². The first-order valence-electron chi connectivity index (χ1n) is 5.28. The standard InChI is InChI=1S/C12H14ClN3/c1-8(10-3-4-10)7-9(2)15-11-5-6-14-12(13)16-11/h5-7,10H,2-4H2,1H3,(H,14,15,16)/b8-7+. The van der Waals surface area contributed by atoms with Gasteiger partial charge in [-0.25, -0.2) is 9.97 Å². The van der Waals surface area contributed by atoms with E-state index in [1.54, 1.807) is 12.3 Å². The number of halogens is 1. The summed E-state index contributed by atoms with van der Waals surface area (Å²) in [4.78, 5) is 7.85. The Morgan fingerprint density at radius 3 is 3.00 bits per heavy atom. The van der Waals surface area contributed by atoms with Crippen molar-refractivity contribution < 1.29 is 0 Å². The van der Waals surface area contributed by atoms with Gasteiger partial charge in [-0.1, -0.05) is 12.2 Å². The predicted octanol–water partition coefficient (Wildman–Crippen LogP) is 3.41. The van der Waals surface area contributed by atoms with Crippen molar-refractivity contribution in [2.24, 2.45) is 5.92 Å². The van der Waals surface area contributed by atoms with E-state index in [0.717, 1.165) is 11.6 Å². The van der Waals surface area contributed by atoms with Gasteiger partial charge >= 0.3 is 0 Å². The van der Waals surface area contributed by atoms with E-state index in [0.29, 0.717) is 5.82 Å². The summed E-state index contributed by atoms with van der Waals surface area (Å²) in [6, 6.07) is 1.76. The summed E-state index contributed by atoms with van der Waals surface area (Å²) < 4.78 is 0. The highest BCUT2D eigenvalue weighted by Crippen LogP contribution is 2.36. The topological polar surface area (TPSA) is 37.8 Å². The summed E-state index contributed by atoms with van der Waals surface area (Å²) in [5.74, 6) is 1.43. The Hall–Kier alpha value is -1.35. The second-order valence-corrected chi connectivity index (χ2v) is 4.36. The molecule has 2 rings (SSSR count). The number of nitrogens with one attached hydrogen (secondary N) is 1. The van der Waals surface area contributed by atoms with Crippen molar-refractivity contribution in [1.82, 2.24) is 9.97 Å². The van der Waals surface area contributed by atoms with E-state index in [1.165, 1.54) is 18.4 Å². The molecule has 0 spiro atoms. The summed E-state index contributed by atoms with van der Waals surface area (Å²) >= 11 is 5.69. The van der Waals surface area contributed by atoms with E-state index >= 15 is 0 Å². The first-order valence-corrected chi connectivity index (χ1v) is 5.65. The first kappa shape index (κ1) is 11.1. The summed E-state index contributed by atoms with van der Waals surface area (Å²) in [5, 5.41) is 3.33. The fraction of sp³-hybridized carbons (Fsp3) is 0.333. The molecule has 0 unspecified atom stereocenters. The number of rotatable bonds is 4. The molecule has 0 radical (unpaired) electrons. The molecule has 0 aliphatic heterocycles. The van der Waals surface area contributed by atoms with Gasteiger partial charge in [-0.2, -0.15) is 0 Å². The lowest BCUT2D eigenvalue weighted by Gasteiger charge is -2.06. The molecule has 1 aliphatic carbocycles. The minimum absolute atomic E-state index is 0.237.